The summed E-state index contributed by atoms with van der Waals surface area (Å²) >= 11 is 0. The predicted molar refractivity (Wildman–Crippen MR) is 39.9 cm³/mol. The Labute approximate surface area is 65.3 Å². The minimum atomic E-state index is -0.862. The van der Waals surface area contributed by atoms with Gasteiger partial charge in [-0.2, -0.15) is 0 Å². The van der Waals surface area contributed by atoms with E-state index >= 15 is 0 Å². The second-order valence-electron chi connectivity index (χ2n) is 2.58. The van der Waals surface area contributed by atoms with Gasteiger partial charge in [0.2, 0.25) is 0 Å². The van der Waals surface area contributed by atoms with Crippen molar-refractivity contribution in [1.29, 1.82) is 0 Å². The summed E-state index contributed by atoms with van der Waals surface area (Å²) in [5.74, 6) is 0. The Bertz CT molecular complexity index is 169. The molecule has 0 aliphatic heterocycles. The molecule has 0 fully saturated rings. The first-order chi connectivity index (χ1) is 5.20. The molecule has 4 nitrogen and oxygen atoms in total. The van der Waals surface area contributed by atoms with E-state index in [1.54, 1.807) is 6.08 Å². The predicted octanol–water partition coefficient (Wildman–Crippen LogP) is -1.38. The van der Waals surface area contributed by atoms with Crippen LogP contribution in [0.15, 0.2) is 11.6 Å². The monoisotopic (exact) mass is 159 g/mol. The minimum absolute atomic E-state index is 0.262. The van der Waals surface area contributed by atoms with Crippen LogP contribution in [-0.4, -0.2) is 42.2 Å². The van der Waals surface area contributed by atoms with Gasteiger partial charge in [-0.05, 0) is 5.57 Å². The Morgan fingerprint density at radius 2 is 2.27 bits per heavy atom. The zero-order valence-electron chi connectivity index (χ0n) is 6.40. The molecule has 0 aromatic carbocycles. The van der Waals surface area contributed by atoms with E-state index in [-0.39, 0.29) is 6.54 Å². The highest BCUT2D eigenvalue weighted by atomic mass is 16.5. The molecule has 3 atom stereocenters. The summed E-state index contributed by atoms with van der Waals surface area (Å²) in [7, 11) is 1.48. The molecule has 0 heterocycles. The molecule has 4 N–H and O–H groups in total. The van der Waals surface area contributed by atoms with Crippen molar-refractivity contribution in [2.75, 3.05) is 13.7 Å². The van der Waals surface area contributed by atoms with Crippen molar-refractivity contribution >= 4 is 0 Å². The number of hydrogen-bond acceptors (Lipinski definition) is 4. The largest absolute Gasteiger partial charge is 0.387 e. The average molecular weight is 159 g/mol. The van der Waals surface area contributed by atoms with E-state index in [9.17, 15) is 10.2 Å². The maximum atomic E-state index is 9.28. The molecule has 1 rings (SSSR count). The molecule has 4 heteroatoms. The van der Waals surface area contributed by atoms with Gasteiger partial charge in [-0.15, -0.1) is 0 Å². The third-order valence-electron chi connectivity index (χ3n) is 1.93. The fourth-order valence-corrected chi connectivity index (χ4v) is 1.20. The smallest absolute Gasteiger partial charge is 0.113 e. The molecular weight excluding hydrogens is 146 g/mol. The quantitative estimate of drug-likeness (QED) is 0.434. The molecule has 3 unspecified atom stereocenters. The van der Waals surface area contributed by atoms with Crippen LogP contribution in [-0.2, 0) is 4.74 Å². The first-order valence-corrected chi connectivity index (χ1v) is 3.50. The first kappa shape index (κ1) is 8.67. The van der Waals surface area contributed by atoms with Gasteiger partial charge in [0.1, 0.15) is 18.3 Å². The van der Waals surface area contributed by atoms with E-state index in [0.29, 0.717) is 5.57 Å². The van der Waals surface area contributed by atoms with Crippen LogP contribution in [0.25, 0.3) is 0 Å². The third-order valence-corrected chi connectivity index (χ3v) is 1.93. The van der Waals surface area contributed by atoms with Gasteiger partial charge in [0, 0.05) is 13.7 Å². The second-order valence-corrected chi connectivity index (χ2v) is 2.58. The van der Waals surface area contributed by atoms with Crippen molar-refractivity contribution in [3.63, 3.8) is 0 Å². The first-order valence-electron chi connectivity index (χ1n) is 3.50. The Hall–Kier alpha value is -0.420. The lowest BCUT2D eigenvalue weighted by molar-refractivity contribution is -0.0284. The minimum Gasteiger partial charge on any atom is -0.387 e. The van der Waals surface area contributed by atoms with Crippen LogP contribution in [0.2, 0.25) is 0 Å². The lowest BCUT2D eigenvalue weighted by Gasteiger charge is -2.15. The fourth-order valence-electron chi connectivity index (χ4n) is 1.20. The van der Waals surface area contributed by atoms with Gasteiger partial charge in [0.05, 0.1) is 0 Å². The van der Waals surface area contributed by atoms with E-state index in [0.717, 1.165) is 0 Å². The van der Waals surface area contributed by atoms with Crippen molar-refractivity contribution in [3.05, 3.63) is 11.6 Å². The zero-order valence-corrected chi connectivity index (χ0v) is 6.40. The Balaban J connectivity index is 2.68. The van der Waals surface area contributed by atoms with E-state index in [1.807, 2.05) is 0 Å². The molecule has 0 saturated heterocycles. The lowest BCUT2D eigenvalue weighted by Crippen LogP contribution is -2.33. The second kappa shape index (κ2) is 3.32. The van der Waals surface area contributed by atoms with Crippen LogP contribution in [0.5, 0.6) is 0 Å². The maximum absolute atomic E-state index is 9.28. The van der Waals surface area contributed by atoms with Crippen LogP contribution in [0, 0.1) is 0 Å². The number of ether oxygens (including phenoxy) is 1. The van der Waals surface area contributed by atoms with Crippen LogP contribution in [0.3, 0.4) is 0 Å². The van der Waals surface area contributed by atoms with Crippen LogP contribution in [0.1, 0.15) is 0 Å². The van der Waals surface area contributed by atoms with Crippen LogP contribution < -0.4 is 5.73 Å². The topological polar surface area (TPSA) is 75.7 Å². The van der Waals surface area contributed by atoms with Crippen molar-refractivity contribution < 1.29 is 14.9 Å². The van der Waals surface area contributed by atoms with E-state index in [2.05, 4.69) is 0 Å². The van der Waals surface area contributed by atoms with Gasteiger partial charge in [0.15, 0.2) is 0 Å². The number of nitrogens with two attached hydrogens (primary N) is 1. The average Bonchev–Trinajstić information content (AvgIpc) is 2.30. The van der Waals surface area contributed by atoms with Crippen molar-refractivity contribution in [1.82, 2.24) is 0 Å². The summed E-state index contributed by atoms with van der Waals surface area (Å²) in [5.41, 5.74) is 5.95. The zero-order chi connectivity index (χ0) is 8.43. The van der Waals surface area contributed by atoms with Gasteiger partial charge in [-0.3, -0.25) is 0 Å². The molecule has 64 valence electrons. The Kier molecular flexibility index (Phi) is 2.62. The molecule has 0 saturated carbocycles. The van der Waals surface area contributed by atoms with Gasteiger partial charge in [-0.25, -0.2) is 0 Å². The third kappa shape index (κ3) is 1.44. The number of aliphatic hydroxyl groups excluding tert-OH is 2. The molecule has 0 aromatic heterocycles. The molecule has 0 amide bonds. The summed E-state index contributed by atoms with van der Waals surface area (Å²) in [5, 5.41) is 18.6. The molecule has 0 aromatic rings. The fraction of sp³-hybridized carbons (Fsp3) is 0.714. The molecule has 1 aliphatic rings. The highest BCUT2D eigenvalue weighted by Crippen LogP contribution is 2.20. The normalized spacial score (nSPS) is 37.5. The SMILES string of the molecule is COC1C=C(CN)C(O)C1O. The number of methoxy groups -OCH3 is 1. The Morgan fingerprint density at radius 1 is 1.64 bits per heavy atom. The van der Waals surface area contributed by atoms with Gasteiger partial charge < -0.3 is 20.7 Å². The van der Waals surface area contributed by atoms with Crippen molar-refractivity contribution in [3.8, 4) is 0 Å². The van der Waals surface area contributed by atoms with Crippen LogP contribution >= 0.6 is 0 Å². The van der Waals surface area contributed by atoms with E-state index in [1.165, 1.54) is 7.11 Å². The number of aliphatic hydroxyl groups is 2. The summed E-state index contributed by atoms with van der Waals surface area (Å²) in [6.45, 7) is 0.262. The molecule has 11 heavy (non-hydrogen) atoms. The molecule has 0 bridgehead atoms. The van der Waals surface area contributed by atoms with Crippen molar-refractivity contribution in [2.45, 2.75) is 18.3 Å². The van der Waals surface area contributed by atoms with Crippen molar-refractivity contribution in [2.24, 2.45) is 5.73 Å². The highest BCUT2D eigenvalue weighted by molar-refractivity contribution is 5.23. The highest BCUT2D eigenvalue weighted by Gasteiger charge is 2.33. The maximum Gasteiger partial charge on any atom is 0.113 e. The summed E-state index contributed by atoms with van der Waals surface area (Å²) in [6.07, 6.45) is -0.470. The number of rotatable bonds is 2. The lowest BCUT2D eigenvalue weighted by atomic mass is 10.1. The standard InChI is InChI=1S/C7H13NO3/c1-11-5-2-4(3-8)6(9)7(5)10/h2,5-7,9-10H,3,8H2,1H3. The molecular formula is C7H13NO3. The van der Waals surface area contributed by atoms with Crippen LogP contribution in [0.4, 0.5) is 0 Å². The Morgan fingerprint density at radius 3 is 2.55 bits per heavy atom. The van der Waals surface area contributed by atoms with E-state index < -0.39 is 18.3 Å². The number of hydrogen-bond donors (Lipinski definition) is 3. The summed E-state index contributed by atoms with van der Waals surface area (Å²) < 4.78 is 4.88. The van der Waals surface area contributed by atoms with Gasteiger partial charge in [-0.1, -0.05) is 6.08 Å². The van der Waals surface area contributed by atoms with Gasteiger partial charge in [0.25, 0.3) is 0 Å². The molecule has 0 spiro atoms. The van der Waals surface area contributed by atoms with Gasteiger partial charge >= 0.3 is 0 Å². The van der Waals surface area contributed by atoms with E-state index in [4.69, 9.17) is 10.5 Å². The molecule has 1 aliphatic carbocycles. The molecule has 0 radical (unpaired) electrons. The summed E-state index contributed by atoms with van der Waals surface area (Å²) in [4.78, 5) is 0. The summed E-state index contributed by atoms with van der Waals surface area (Å²) in [6, 6.07) is 0.